The summed E-state index contributed by atoms with van der Waals surface area (Å²) in [6.45, 7) is 4.69. The van der Waals surface area contributed by atoms with Crippen LogP contribution >= 0.6 is 11.3 Å². The summed E-state index contributed by atoms with van der Waals surface area (Å²) in [5.74, 6) is -0.0201. The van der Waals surface area contributed by atoms with E-state index in [0.29, 0.717) is 4.88 Å². The Morgan fingerprint density at radius 3 is 2.94 bits per heavy atom. The number of aromatic nitrogens is 1. The number of nitrogens with zero attached hydrogens (tertiary/aromatic N) is 1. The number of aryl methyl sites for hydroxylation is 1. The van der Waals surface area contributed by atoms with E-state index in [4.69, 9.17) is 5.73 Å². The summed E-state index contributed by atoms with van der Waals surface area (Å²) in [5, 5.41) is 6.99. The van der Waals surface area contributed by atoms with Crippen molar-refractivity contribution in [3.8, 4) is 0 Å². The van der Waals surface area contributed by atoms with Crippen LogP contribution in [-0.4, -0.2) is 29.5 Å². The van der Waals surface area contributed by atoms with E-state index in [1.54, 1.807) is 0 Å². The first-order chi connectivity index (χ1) is 8.60. The van der Waals surface area contributed by atoms with Gasteiger partial charge >= 0.3 is 0 Å². The Balaban J connectivity index is 2.00. The maximum atomic E-state index is 12.1. The standard InChI is InChI=1S/C12H20N4OS/c1-3-14-12-15-7(2)10(18-12)11(17)16-9-5-4-8(13)6-9/h8-9H,3-6,13H2,1-2H3,(H,14,15)(H,16,17)/t8-,9-/m1/s1. The molecule has 0 radical (unpaired) electrons. The molecule has 0 bridgehead atoms. The molecule has 2 atom stereocenters. The van der Waals surface area contributed by atoms with Gasteiger partial charge in [0.05, 0.1) is 5.69 Å². The number of nitrogens with one attached hydrogen (secondary N) is 2. The van der Waals surface area contributed by atoms with Crippen molar-refractivity contribution >= 4 is 22.4 Å². The highest BCUT2D eigenvalue weighted by Crippen LogP contribution is 2.23. The number of hydrogen-bond donors (Lipinski definition) is 3. The van der Waals surface area contributed by atoms with Crippen molar-refractivity contribution in [2.24, 2.45) is 5.73 Å². The molecule has 4 N–H and O–H groups in total. The van der Waals surface area contributed by atoms with E-state index >= 15 is 0 Å². The molecule has 1 aliphatic carbocycles. The molecule has 1 fully saturated rings. The van der Waals surface area contributed by atoms with Gasteiger partial charge in [-0.3, -0.25) is 4.79 Å². The number of carbonyl (C=O) groups excluding carboxylic acids is 1. The highest BCUT2D eigenvalue weighted by Gasteiger charge is 2.25. The Morgan fingerprint density at radius 1 is 1.56 bits per heavy atom. The molecule has 6 heteroatoms. The van der Waals surface area contributed by atoms with Crippen LogP contribution in [0, 0.1) is 6.92 Å². The largest absolute Gasteiger partial charge is 0.362 e. The van der Waals surface area contributed by atoms with Crippen LogP contribution < -0.4 is 16.4 Å². The molecule has 5 nitrogen and oxygen atoms in total. The van der Waals surface area contributed by atoms with Crippen molar-refractivity contribution in [3.63, 3.8) is 0 Å². The first-order valence-electron chi connectivity index (χ1n) is 6.38. The minimum absolute atomic E-state index is 0.0201. The van der Waals surface area contributed by atoms with E-state index in [0.717, 1.165) is 36.6 Å². The van der Waals surface area contributed by atoms with Gasteiger partial charge in [0.25, 0.3) is 5.91 Å². The molecule has 1 heterocycles. The molecule has 0 aromatic carbocycles. The normalized spacial score (nSPS) is 23.1. The molecular formula is C12H20N4OS. The zero-order valence-corrected chi connectivity index (χ0v) is 11.6. The number of nitrogens with two attached hydrogens (primary N) is 1. The first-order valence-corrected chi connectivity index (χ1v) is 7.19. The van der Waals surface area contributed by atoms with E-state index < -0.39 is 0 Å². The average Bonchev–Trinajstić information content (AvgIpc) is 2.86. The summed E-state index contributed by atoms with van der Waals surface area (Å²) >= 11 is 1.41. The van der Waals surface area contributed by atoms with Crippen LogP contribution in [-0.2, 0) is 0 Å². The van der Waals surface area contributed by atoms with E-state index in [1.807, 2.05) is 13.8 Å². The van der Waals surface area contributed by atoms with Crippen molar-refractivity contribution < 1.29 is 4.79 Å². The third-order valence-corrected chi connectivity index (χ3v) is 4.25. The monoisotopic (exact) mass is 268 g/mol. The molecular weight excluding hydrogens is 248 g/mol. The van der Waals surface area contributed by atoms with Gasteiger partial charge in [0.1, 0.15) is 4.88 Å². The van der Waals surface area contributed by atoms with Crippen LogP contribution in [0.5, 0.6) is 0 Å². The van der Waals surface area contributed by atoms with Crippen molar-refractivity contribution in [2.75, 3.05) is 11.9 Å². The third-order valence-electron chi connectivity index (χ3n) is 3.14. The number of thiazole rings is 1. The molecule has 1 saturated carbocycles. The molecule has 1 amide bonds. The van der Waals surface area contributed by atoms with E-state index in [1.165, 1.54) is 11.3 Å². The van der Waals surface area contributed by atoms with Gasteiger partial charge in [0.2, 0.25) is 0 Å². The topological polar surface area (TPSA) is 80.0 Å². The van der Waals surface area contributed by atoms with Crippen molar-refractivity contribution in [2.45, 2.75) is 45.2 Å². The molecule has 0 saturated heterocycles. The van der Waals surface area contributed by atoms with Crippen molar-refractivity contribution in [1.29, 1.82) is 0 Å². The summed E-state index contributed by atoms with van der Waals surface area (Å²) in [5.41, 5.74) is 6.63. The minimum atomic E-state index is -0.0201. The lowest BCUT2D eigenvalue weighted by Gasteiger charge is -2.11. The second kappa shape index (κ2) is 5.67. The second-order valence-electron chi connectivity index (χ2n) is 4.71. The highest BCUT2D eigenvalue weighted by atomic mass is 32.1. The molecule has 1 aromatic rings. The van der Waals surface area contributed by atoms with Crippen LogP contribution in [0.1, 0.15) is 41.6 Å². The number of rotatable bonds is 4. The number of hydrogen-bond acceptors (Lipinski definition) is 5. The van der Waals surface area contributed by atoms with Gasteiger partial charge in [-0.1, -0.05) is 11.3 Å². The molecule has 0 unspecified atom stereocenters. The van der Waals surface area contributed by atoms with Crippen molar-refractivity contribution in [1.82, 2.24) is 10.3 Å². The van der Waals surface area contributed by atoms with Gasteiger partial charge in [-0.25, -0.2) is 4.98 Å². The molecule has 0 aliphatic heterocycles. The second-order valence-corrected chi connectivity index (χ2v) is 5.71. The predicted octanol–water partition coefficient (Wildman–Crippen LogP) is 1.49. The SMILES string of the molecule is CCNc1nc(C)c(C(=O)N[C@@H]2CC[C@@H](N)C2)s1. The lowest BCUT2D eigenvalue weighted by molar-refractivity contribution is 0.0941. The van der Waals surface area contributed by atoms with Gasteiger partial charge < -0.3 is 16.4 Å². The Hall–Kier alpha value is -1.14. The van der Waals surface area contributed by atoms with E-state index in [9.17, 15) is 4.79 Å². The Bertz CT molecular complexity index is 432. The zero-order chi connectivity index (χ0) is 13.1. The summed E-state index contributed by atoms with van der Waals surface area (Å²) < 4.78 is 0. The highest BCUT2D eigenvalue weighted by molar-refractivity contribution is 7.17. The van der Waals surface area contributed by atoms with Gasteiger partial charge in [0.15, 0.2) is 5.13 Å². The molecule has 18 heavy (non-hydrogen) atoms. The average molecular weight is 268 g/mol. The first kappa shape index (κ1) is 13.3. The van der Waals surface area contributed by atoms with E-state index in [2.05, 4.69) is 15.6 Å². The smallest absolute Gasteiger partial charge is 0.263 e. The predicted molar refractivity (Wildman–Crippen MR) is 74.1 cm³/mol. The van der Waals surface area contributed by atoms with Crippen molar-refractivity contribution in [3.05, 3.63) is 10.6 Å². The Morgan fingerprint density at radius 2 is 2.33 bits per heavy atom. The lowest BCUT2D eigenvalue weighted by Crippen LogP contribution is -2.33. The van der Waals surface area contributed by atoms with Gasteiger partial charge in [-0.15, -0.1) is 0 Å². The van der Waals surface area contributed by atoms with Crippen LogP contribution in [0.4, 0.5) is 5.13 Å². The maximum Gasteiger partial charge on any atom is 0.263 e. The molecule has 0 spiro atoms. The molecule has 1 aliphatic rings. The number of amides is 1. The quantitative estimate of drug-likeness (QED) is 0.773. The summed E-state index contributed by atoms with van der Waals surface area (Å²) in [6.07, 6.45) is 2.85. The van der Waals surface area contributed by atoms with Gasteiger partial charge in [-0.05, 0) is 33.1 Å². The van der Waals surface area contributed by atoms with Crippen LogP contribution in [0.25, 0.3) is 0 Å². The fraction of sp³-hybridized carbons (Fsp3) is 0.667. The van der Waals surface area contributed by atoms with Gasteiger partial charge in [0, 0.05) is 18.6 Å². The maximum absolute atomic E-state index is 12.1. The fourth-order valence-corrected chi connectivity index (χ4v) is 3.17. The zero-order valence-electron chi connectivity index (χ0n) is 10.8. The lowest BCUT2D eigenvalue weighted by atomic mass is 10.2. The molecule has 100 valence electrons. The minimum Gasteiger partial charge on any atom is -0.362 e. The summed E-state index contributed by atoms with van der Waals surface area (Å²) in [4.78, 5) is 17.2. The molecule has 2 rings (SSSR count). The fourth-order valence-electron chi connectivity index (χ4n) is 2.23. The number of carbonyl (C=O) groups is 1. The Labute approximate surface area is 111 Å². The van der Waals surface area contributed by atoms with Crippen LogP contribution in [0.15, 0.2) is 0 Å². The summed E-state index contributed by atoms with van der Waals surface area (Å²) in [6, 6.07) is 0.451. The third kappa shape index (κ3) is 3.00. The summed E-state index contributed by atoms with van der Waals surface area (Å²) in [7, 11) is 0. The van der Waals surface area contributed by atoms with E-state index in [-0.39, 0.29) is 18.0 Å². The van der Waals surface area contributed by atoms with Crippen LogP contribution in [0.3, 0.4) is 0 Å². The number of anilines is 1. The Kier molecular flexibility index (Phi) is 4.19. The van der Waals surface area contributed by atoms with Crippen LogP contribution in [0.2, 0.25) is 0 Å². The molecule has 1 aromatic heterocycles. The van der Waals surface area contributed by atoms with Gasteiger partial charge in [-0.2, -0.15) is 0 Å².